The Bertz CT molecular complexity index is 3660. The minimum absolute atomic E-state index is 0.00447. The number of para-hydroxylation sites is 3. The lowest BCUT2D eigenvalue weighted by molar-refractivity contribution is 0.488. The van der Waals surface area contributed by atoms with E-state index < -0.39 is 0 Å². The van der Waals surface area contributed by atoms with Crippen molar-refractivity contribution >= 4 is 107 Å². The molecule has 6 heteroatoms. The second-order valence-corrected chi connectivity index (χ2v) is 20.1. The molecule has 0 saturated carbocycles. The first-order valence-corrected chi connectivity index (χ1v) is 22.2. The fourth-order valence-corrected chi connectivity index (χ4v) is 11.9. The van der Waals surface area contributed by atoms with Gasteiger partial charge in [0.05, 0.1) is 22.1 Å². The van der Waals surface area contributed by atoms with Crippen molar-refractivity contribution < 1.29 is 4.74 Å². The molecule has 4 nitrogen and oxygen atoms in total. The van der Waals surface area contributed by atoms with E-state index in [1.807, 2.05) is 0 Å². The second-order valence-electron chi connectivity index (χ2n) is 20.1. The van der Waals surface area contributed by atoms with E-state index in [9.17, 15) is 0 Å². The van der Waals surface area contributed by atoms with Crippen LogP contribution in [-0.4, -0.2) is 22.6 Å². The van der Waals surface area contributed by atoms with E-state index >= 15 is 0 Å². The molecule has 0 spiro atoms. The Morgan fingerprint density at radius 3 is 1.74 bits per heavy atom. The molecule has 0 bridgehead atoms. The smallest absolute Gasteiger partial charge is 0.256 e. The Hall–Kier alpha value is -6.91. The third kappa shape index (κ3) is 4.25. The first-order chi connectivity index (χ1) is 30.1. The molecule has 0 atom stereocenters. The standard InChI is InChI=1S/C56H43B2N3O/c1-55(2,3)32-20-25-43-40(30-32)57-38-16-10-12-18-42(38)59(34-14-8-7-9-15-34)46-28-23-37-49-45(60(43)54(37)50(46)57)27-22-35-36-24-29-48-51-53(36)61(52(35)49)44-26-21-33(56(4,5)6)31-41(44)58(51)39-17-11-13-19-47(39)62-48/h7-31H,1-6H3. The van der Waals surface area contributed by atoms with Crippen molar-refractivity contribution in [2.45, 2.75) is 52.4 Å². The molecule has 0 saturated heterocycles. The zero-order valence-corrected chi connectivity index (χ0v) is 35.8. The Balaban J connectivity index is 1.17. The van der Waals surface area contributed by atoms with Gasteiger partial charge in [0.25, 0.3) is 13.4 Å². The molecule has 0 amide bonds. The monoisotopic (exact) mass is 795 g/mol. The maximum Gasteiger partial charge on any atom is 0.256 e. The van der Waals surface area contributed by atoms with Crippen LogP contribution in [0.4, 0.5) is 17.1 Å². The lowest BCUT2D eigenvalue weighted by Gasteiger charge is -2.40. The molecule has 14 rings (SSSR count). The van der Waals surface area contributed by atoms with Gasteiger partial charge >= 0.3 is 0 Å². The summed E-state index contributed by atoms with van der Waals surface area (Å²) in [6.45, 7) is 14.1. The number of aromatic nitrogens is 2. The van der Waals surface area contributed by atoms with Crippen LogP contribution >= 0.6 is 0 Å². The SMILES string of the molecule is CC(C)(C)c1ccc2c(c1)B1c3ccccc3N(c3ccccc3)c3ccc4c5c(ccc6c7ccc8c9c7n(c65)-c5ccc(C(C)(C)C)cc5B9c5ccccc5O8)n-2c4c31. The summed E-state index contributed by atoms with van der Waals surface area (Å²) in [7, 11) is 0. The van der Waals surface area contributed by atoms with Crippen molar-refractivity contribution in [2.24, 2.45) is 0 Å². The van der Waals surface area contributed by atoms with Gasteiger partial charge in [-0.3, -0.25) is 0 Å². The van der Waals surface area contributed by atoms with Gasteiger partial charge in [0.1, 0.15) is 11.5 Å². The van der Waals surface area contributed by atoms with Gasteiger partial charge in [-0.2, -0.15) is 0 Å². The number of fused-ring (bicyclic) bond motifs is 17. The molecule has 4 aliphatic heterocycles. The Morgan fingerprint density at radius 2 is 1.00 bits per heavy atom. The van der Waals surface area contributed by atoms with Crippen LogP contribution < -0.4 is 42.4 Å². The quantitative estimate of drug-likeness (QED) is 0.155. The van der Waals surface area contributed by atoms with Gasteiger partial charge in [-0.25, -0.2) is 0 Å². The first kappa shape index (κ1) is 34.8. The average molecular weight is 796 g/mol. The number of nitrogens with zero attached hydrogens (tertiary/aromatic N) is 3. The van der Waals surface area contributed by atoms with Gasteiger partial charge in [0.2, 0.25) is 0 Å². The van der Waals surface area contributed by atoms with E-state index in [1.165, 1.54) is 116 Å². The van der Waals surface area contributed by atoms with Crippen LogP contribution in [0, 0.1) is 0 Å². The third-order valence-corrected chi connectivity index (χ3v) is 14.7. The highest BCUT2D eigenvalue weighted by Gasteiger charge is 2.44. The molecule has 4 aliphatic rings. The van der Waals surface area contributed by atoms with E-state index in [-0.39, 0.29) is 24.3 Å². The lowest BCUT2D eigenvalue weighted by atomic mass is 9.33. The van der Waals surface area contributed by atoms with Crippen LogP contribution in [0.15, 0.2) is 152 Å². The Kier molecular flexibility index (Phi) is 6.45. The van der Waals surface area contributed by atoms with Crippen molar-refractivity contribution in [3.63, 3.8) is 0 Å². The lowest BCUT2D eigenvalue weighted by Crippen LogP contribution is -2.60. The summed E-state index contributed by atoms with van der Waals surface area (Å²) < 4.78 is 12.1. The zero-order chi connectivity index (χ0) is 41.6. The largest absolute Gasteiger partial charge is 0.458 e. The summed E-state index contributed by atoms with van der Waals surface area (Å²) >= 11 is 0. The van der Waals surface area contributed by atoms with Gasteiger partial charge in [-0.1, -0.05) is 133 Å². The van der Waals surface area contributed by atoms with Gasteiger partial charge in [-0.15, -0.1) is 0 Å². The number of ether oxygens (including phenoxy) is 1. The highest BCUT2D eigenvalue weighted by atomic mass is 16.5. The maximum absolute atomic E-state index is 6.83. The van der Waals surface area contributed by atoms with E-state index in [2.05, 4.69) is 207 Å². The van der Waals surface area contributed by atoms with Gasteiger partial charge in [-0.05, 0) is 115 Å². The summed E-state index contributed by atoms with van der Waals surface area (Å²) in [4.78, 5) is 2.50. The van der Waals surface area contributed by atoms with Crippen LogP contribution in [-0.2, 0) is 10.8 Å². The summed E-state index contributed by atoms with van der Waals surface area (Å²) in [5.74, 6) is 1.90. The van der Waals surface area contributed by atoms with Crippen molar-refractivity contribution in [2.75, 3.05) is 4.90 Å². The van der Waals surface area contributed by atoms with Crippen LogP contribution in [0.3, 0.4) is 0 Å². The molecule has 8 aromatic carbocycles. The van der Waals surface area contributed by atoms with Crippen molar-refractivity contribution in [3.05, 3.63) is 163 Å². The normalized spacial score (nSPS) is 14.3. The highest BCUT2D eigenvalue weighted by molar-refractivity contribution is 7.01. The van der Waals surface area contributed by atoms with Crippen LogP contribution in [0.5, 0.6) is 11.5 Å². The fraction of sp³-hybridized carbons (Fsp3) is 0.143. The predicted octanol–water partition coefficient (Wildman–Crippen LogP) is 10.0. The minimum Gasteiger partial charge on any atom is -0.458 e. The summed E-state index contributed by atoms with van der Waals surface area (Å²) in [5, 5.41) is 5.12. The van der Waals surface area contributed by atoms with E-state index in [4.69, 9.17) is 4.74 Å². The van der Waals surface area contributed by atoms with Gasteiger partial charge in [0.15, 0.2) is 0 Å². The molecule has 0 radical (unpaired) electrons. The molecule has 0 aliphatic carbocycles. The molecular weight excluding hydrogens is 752 g/mol. The van der Waals surface area contributed by atoms with Crippen LogP contribution in [0.2, 0.25) is 0 Å². The Morgan fingerprint density at radius 1 is 0.419 bits per heavy atom. The van der Waals surface area contributed by atoms with Crippen molar-refractivity contribution in [3.8, 4) is 22.9 Å². The molecule has 2 aromatic heterocycles. The average Bonchev–Trinajstić information content (AvgIpc) is 3.81. The maximum atomic E-state index is 6.83. The predicted molar refractivity (Wildman–Crippen MR) is 263 cm³/mol. The molecular formula is C56H43B2N3O. The van der Waals surface area contributed by atoms with Gasteiger partial charge < -0.3 is 18.8 Å². The summed E-state index contributed by atoms with van der Waals surface area (Å²) in [6, 6.07) is 57.5. The summed E-state index contributed by atoms with van der Waals surface area (Å²) in [6.07, 6.45) is 0. The molecule has 294 valence electrons. The van der Waals surface area contributed by atoms with E-state index in [0.717, 1.165) is 11.5 Å². The Labute approximate surface area is 362 Å². The highest BCUT2D eigenvalue weighted by Crippen LogP contribution is 2.47. The molecule has 10 aromatic rings. The number of rotatable bonds is 1. The first-order valence-electron chi connectivity index (χ1n) is 22.2. The number of benzene rings is 8. The third-order valence-electron chi connectivity index (χ3n) is 14.7. The molecule has 0 N–H and O–H groups in total. The van der Waals surface area contributed by atoms with Crippen LogP contribution in [0.25, 0.3) is 55.0 Å². The van der Waals surface area contributed by atoms with Gasteiger partial charge in [0, 0.05) is 50.0 Å². The molecule has 0 fully saturated rings. The summed E-state index contributed by atoms with van der Waals surface area (Å²) in [5.41, 5.74) is 21.8. The topological polar surface area (TPSA) is 22.3 Å². The van der Waals surface area contributed by atoms with E-state index in [1.54, 1.807) is 0 Å². The second kappa shape index (κ2) is 11.5. The van der Waals surface area contributed by atoms with Crippen molar-refractivity contribution in [1.29, 1.82) is 0 Å². The molecule has 62 heavy (non-hydrogen) atoms. The number of hydrogen-bond acceptors (Lipinski definition) is 2. The minimum atomic E-state index is -0.00828. The van der Waals surface area contributed by atoms with Crippen molar-refractivity contribution in [1.82, 2.24) is 9.13 Å². The van der Waals surface area contributed by atoms with E-state index in [0.29, 0.717) is 0 Å². The number of anilines is 3. The zero-order valence-electron chi connectivity index (χ0n) is 35.8. The fourth-order valence-electron chi connectivity index (χ4n) is 11.9. The molecule has 0 unspecified atom stereocenters. The molecule has 6 heterocycles. The van der Waals surface area contributed by atoms with Crippen LogP contribution in [0.1, 0.15) is 52.7 Å². The number of hydrogen-bond donors (Lipinski definition) is 0.